The minimum Gasteiger partial charge on any atom is -0.496 e. The number of aromatic amines is 1. The third-order valence-electron chi connectivity index (χ3n) is 4.86. The van der Waals surface area contributed by atoms with Crippen molar-refractivity contribution in [1.29, 1.82) is 0 Å². The first kappa shape index (κ1) is 17.8. The van der Waals surface area contributed by atoms with Gasteiger partial charge < -0.3 is 15.0 Å². The molecule has 0 radical (unpaired) electrons. The molecule has 5 heteroatoms. The molecule has 0 saturated heterocycles. The fourth-order valence-electron chi connectivity index (χ4n) is 3.31. The summed E-state index contributed by atoms with van der Waals surface area (Å²) < 4.78 is 5.36. The van der Waals surface area contributed by atoms with Gasteiger partial charge in [-0.3, -0.25) is 4.79 Å². The molecule has 1 amide bonds. The van der Waals surface area contributed by atoms with Crippen LogP contribution in [0.2, 0.25) is 0 Å². The fraction of sp³-hybridized carbons (Fsp3) is 0.130. The third kappa shape index (κ3) is 3.47. The molecule has 0 spiro atoms. The first-order valence-electron chi connectivity index (χ1n) is 9.09. The van der Waals surface area contributed by atoms with Crippen LogP contribution in [-0.4, -0.2) is 23.0 Å². The Hall–Kier alpha value is -3.60. The lowest BCUT2D eigenvalue weighted by atomic mass is 9.97. The van der Waals surface area contributed by atoms with E-state index in [-0.39, 0.29) is 11.9 Å². The number of aryl methyl sites for hydroxylation is 1. The zero-order chi connectivity index (χ0) is 19.5. The van der Waals surface area contributed by atoms with Crippen molar-refractivity contribution in [1.82, 2.24) is 15.3 Å². The second kappa shape index (κ2) is 7.56. The van der Waals surface area contributed by atoms with E-state index in [9.17, 15) is 4.79 Å². The van der Waals surface area contributed by atoms with Crippen LogP contribution in [0.5, 0.6) is 5.75 Å². The van der Waals surface area contributed by atoms with Crippen LogP contribution in [0.1, 0.15) is 33.1 Å². The van der Waals surface area contributed by atoms with Gasteiger partial charge in [-0.25, -0.2) is 4.98 Å². The summed E-state index contributed by atoms with van der Waals surface area (Å²) >= 11 is 0. The van der Waals surface area contributed by atoms with Crippen LogP contribution in [0, 0.1) is 6.92 Å². The lowest BCUT2D eigenvalue weighted by Crippen LogP contribution is -2.29. The van der Waals surface area contributed by atoms with Crippen molar-refractivity contribution in [3.8, 4) is 5.75 Å². The van der Waals surface area contributed by atoms with Gasteiger partial charge in [-0.05, 0) is 47.9 Å². The Kier molecular flexibility index (Phi) is 4.81. The second-order valence-corrected chi connectivity index (χ2v) is 6.68. The number of hydrogen-bond acceptors (Lipinski definition) is 3. The summed E-state index contributed by atoms with van der Waals surface area (Å²) in [6, 6.07) is 21.1. The van der Waals surface area contributed by atoms with Gasteiger partial charge in [-0.2, -0.15) is 0 Å². The van der Waals surface area contributed by atoms with Crippen LogP contribution >= 0.6 is 0 Å². The van der Waals surface area contributed by atoms with E-state index in [0.717, 1.165) is 27.7 Å². The molecule has 4 rings (SSSR count). The summed E-state index contributed by atoms with van der Waals surface area (Å²) in [6.07, 6.45) is 1.67. The van der Waals surface area contributed by atoms with Gasteiger partial charge in [0.1, 0.15) is 5.75 Å². The number of nitrogens with one attached hydrogen (secondary N) is 2. The molecular formula is C23H21N3O2. The highest BCUT2D eigenvalue weighted by Crippen LogP contribution is 2.26. The van der Waals surface area contributed by atoms with Crippen molar-refractivity contribution >= 4 is 16.9 Å². The summed E-state index contributed by atoms with van der Waals surface area (Å²) in [4.78, 5) is 20.4. The minimum atomic E-state index is -0.284. The number of carbonyl (C=O) groups excluding carboxylic acids is 1. The predicted octanol–water partition coefficient (Wildman–Crippen LogP) is 4.40. The molecule has 1 unspecified atom stereocenters. The van der Waals surface area contributed by atoms with Gasteiger partial charge >= 0.3 is 0 Å². The van der Waals surface area contributed by atoms with Crippen LogP contribution in [0.15, 0.2) is 73.1 Å². The van der Waals surface area contributed by atoms with Gasteiger partial charge in [-0.1, -0.05) is 42.5 Å². The number of ether oxygens (including phenoxy) is 1. The maximum atomic E-state index is 13.0. The Morgan fingerprint density at radius 2 is 1.86 bits per heavy atom. The average molecular weight is 371 g/mol. The predicted molar refractivity (Wildman–Crippen MR) is 110 cm³/mol. The van der Waals surface area contributed by atoms with Gasteiger partial charge in [0.25, 0.3) is 5.91 Å². The number of benzene rings is 3. The molecule has 0 saturated carbocycles. The first-order valence-corrected chi connectivity index (χ1v) is 9.09. The van der Waals surface area contributed by atoms with Crippen molar-refractivity contribution in [3.63, 3.8) is 0 Å². The molecule has 0 aliphatic heterocycles. The van der Waals surface area contributed by atoms with Crippen LogP contribution < -0.4 is 10.1 Å². The Morgan fingerprint density at radius 3 is 2.64 bits per heavy atom. The smallest absolute Gasteiger partial charge is 0.252 e. The second-order valence-electron chi connectivity index (χ2n) is 6.68. The van der Waals surface area contributed by atoms with Gasteiger partial charge in [0, 0.05) is 5.56 Å². The van der Waals surface area contributed by atoms with E-state index >= 15 is 0 Å². The number of aromatic nitrogens is 2. The van der Waals surface area contributed by atoms with Crippen molar-refractivity contribution in [2.24, 2.45) is 0 Å². The highest BCUT2D eigenvalue weighted by molar-refractivity contribution is 5.95. The quantitative estimate of drug-likeness (QED) is 0.546. The lowest BCUT2D eigenvalue weighted by molar-refractivity contribution is 0.0942. The number of carbonyl (C=O) groups is 1. The van der Waals surface area contributed by atoms with Crippen molar-refractivity contribution in [2.75, 3.05) is 7.11 Å². The van der Waals surface area contributed by atoms with Gasteiger partial charge in [0.05, 0.1) is 30.5 Å². The van der Waals surface area contributed by atoms with Gasteiger partial charge in [0.2, 0.25) is 0 Å². The summed E-state index contributed by atoms with van der Waals surface area (Å²) in [7, 11) is 1.61. The Morgan fingerprint density at radius 1 is 1.04 bits per heavy atom. The minimum absolute atomic E-state index is 0.156. The van der Waals surface area contributed by atoms with E-state index in [0.29, 0.717) is 11.3 Å². The summed E-state index contributed by atoms with van der Waals surface area (Å²) in [5, 5.41) is 3.16. The highest BCUT2D eigenvalue weighted by atomic mass is 16.5. The number of H-pyrrole nitrogens is 1. The van der Waals surface area contributed by atoms with Crippen molar-refractivity contribution in [3.05, 3.63) is 95.3 Å². The van der Waals surface area contributed by atoms with Gasteiger partial charge in [0.15, 0.2) is 0 Å². The number of hydrogen-bond donors (Lipinski definition) is 2. The molecular weight excluding hydrogens is 350 g/mol. The Balaban J connectivity index is 1.70. The molecule has 0 aliphatic carbocycles. The normalized spacial score (nSPS) is 11.9. The SMILES string of the molecule is COc1cc(C(=O)NC(c2ccccc2)c2ccc3nc[nH]c3c2)ccc1C. The van der Waals surface area contributed by atoms with Crippen LogP contribution in [0.25, 0.3) is 11.0 Å². The number of imidazole rings is 1. The topological polar surface area (TPSA) is 67.0 Å². The van der Waals surface area contributed by atoms with E-state index < -0.39 is 0 Å². The monoisotopic (exact) mass is 371 g/mol. The molecule has 0 aliphatic rings. The number of methoxy groups -OCH3 is 1. The van der Waals surface area contributed by atoms with E-state index in [4.69, 9.17) is 4.74 Å². The standard InChI is InChI=1S/C23H21N3O2/c1-15-8-9-18(13-21(15)28-2)23(27)26-22(16-6-4-3-5-7-16)17-10-11-19-20(12-17)25-14-24-19/h3-14,22H,1-2H3,(H,24,25)(H,26,27). The molecule has 0 fully saturated rings. The first-order chi connectivity index (χ1) is 13.7. The van der Waals surface area contributed by atoms with E-state index in [1.54, 1.807) is 19.5 Å². The fourth-order valence-corrected chi connectivity index (χ4v) is 3.31. The molecule has 1 heterocycles. The Labute approximate surface area is 163 Å². The maximum Gasteiger partial charge on any atom is 0.252 e. The van der Waals surface area contributed by atoms with E-state index in [1.807, 2.05) is 67.6 Å². The zero-order valence-corrected chi connectivity index (χ0v) is 15.8. The average Bonchev–Trinajstić information content (AvgIpc) is 3.20. The summed E-state index contributed by atoms with van der Waals surface area (Å²) in [6.45, 7) is 1.95. The zero-order valence-electron chi connectivity index (χ0n) is 15.8. The third-order valence-corrected chi connectivity index (χ3v) is 4.86. The molecule has 0 bridgehead atoms. The van der Waals surface area contributed by atoms with E-state index in [2.05, 4.69) is 15.3 Å². The van der Waals surface area contributed by atoms with Gasteiger partial charge in [-0.15, -0.1) is 0 Å². The van der Waals surface area contributed by atoms with Crippen LogP contribution in [0.4, 0.5) is 0 Å². The van der Waals surface area contributed by atoms with Crippen LogP contribution in [0.3, 0.4) is 0 Å². The van der Waals surface area contributed by atoms with Crippen molar-refractivity contribution in [2.45, 2.75) is 13.0 Å². The maximum absolute atomic E-state index is 13.0. The highest BCUT2D eigenvalue weighted by Gasteiger charge is 2.19. The van der Waals surface area contributed by atoms with Crippen molar-refractivity contribution < 1.29 is 9.53 Å². The molecule has 5 nitrogen and oxygen atoms in total. The number of fused-ring (bicyclic) bond motifs is 1. The molecule has 2 N–H and O–H groups in total. The number of rotatable bonds is 5. The summed E-state index contributed by atoms with van der Waals surface area (Å²) in [5.41, 5.74) is 5.37. The number of nitrogens with zero attached hydrogens (tertiary/aromatic N) is 1. The summed E-state index contributed by atoms with van der Waals surface area (Å²) in [5.74, 6) is 0.541. The number of amides is 1. The van der Waals surface area contributed by atoms with E-state index in [1.165, 1.54) is 0 Å². The lowest BCUT2D eigenvalue weighted by Gasteiger charge is -2.20. The molecule has 140 valence electrons. The molecule has 1 atom stereocenters. The largest absolute Gasteiger partial charge is 0.496 e. The molecule has 4 aromatic rings. The molecule has 28 heavy (non-hydrogen) atoms. The Bertz CT molecular complexity index is 1120. The molecule has 1 aromatic heterocycles. The van der Waals surface area contributed by atoms with Crippen LogP contribution in [-0.2, 0) is 0 Å². The molecule has 3 aromatic carbocycles.